The lowest BCUT2D eigenvalue weighted by atomic mass is 10.1. The first kappa shape index (κ1) is 26.2. The van der Waals surface area contributed by atoms with Crippen LogP contribution in [0.3, 0.4) is 0 Å². The first-order valence-corrected chi connectivity index (χ1v) is 13.1. The molecule has 3 rings (SSSR count). The first-order valence-electron chi connectivity index (χ1n) is 10.7. The molecule has 11 nitrogen and oxygen atoms in total. The molecule has 0 fully saturated rings. The first-order chi connectivity index (χ1) is 16.8. The van der Waals surface area contributed by atoms with Gasteiger partial charge in [-0.2, -0.15) is 8.42 Å². The van der Waals surface area contributed by atoms with Crippen LogP contribution in [0.5, 0.6) is 0 Å². The van der Waals surface area contributed by atoms with E-state index >= 15 is 0 Å². The fraction of sp³-hybridized carbons (Fsp3) is 0.273. The number of benzene rings is 1. The normalized spacial score (nSPS) is 12.0. The molecular formula is C22H26N6O5S2. The highest BCUT2D eigenvalue weighted by Crippen LogP contribution is 2.24. The van der Waals surface area contributed by atoms with Gasteiger partial charge in [0.25, 0.3) is 10.2 Å². The lowest BCUT2D eigenvalue weighted by molar-refractivity contribution is -0.118. The topological polar surface area (TPSA) is 165 Å². The summed E-state index contributed by atoms with van der Waals surface area (Å²) in [6.45, 7) is 0.116. The van der Waals surface area contributed by atoms with Crippen LogP contribution in [-0.2, 0) is 26.3 Å². The number of carbonyl (C=O) groups is 2. The SMILES string of the molecule is NS(=O)(=O)NCCCCC(NC(=O)OCc1cccnc1)C(=O)Nc1nc(-c2ccccc2)cs1. The largest absolute Gasteiger partial charge is 0.445 e. The summed E-state index contributed by atoms with van der Waals surface area (Å²) in [5.74, 6) is -0.461. The smallest absolute Gasteiger partial charge is 0.408 e. The Bertz CT molecular complexity index is 1210. The third kappa shape index (κ3) is 9.41. The van der Waals surface area contributed by atoms with Gasteiger partial charge in [0.2, 0.25) is 5.91 Å². The van der Waals surface area contributed by atoms with Gasteiger partial charge in [0.15, 0.2) is 5.13 Å². The fourth-order valence-electron chi connectivity index (χ4n) is 3.04. The Morgan fingerprint density at radius 2 is 1.91 bits per heavy atom. The van der Waals surface area contributed by atoms with Crippen molar-refractivity contribution in [2.24, 2.45) is 5.14 Å². The highest BCUT2D eigenvalue weighted by molar-refractivity contribution is 7.87. The number of rotatable bonds is 12. The van der Waals surface area contributed by atoms with Crippen molar-refractivity contribution in [2.45, 2.75) is 31.9 Å². The number of pyridine rings is 1. The van der Waals surface area contributed by atoms with Crippen LogP contribution in [-0.4, -0.2) is 43.0 Å². The van der Waals surface area contributed by atoms with Crippen LogP contribution in [0.25, 0.3) is 11.3 Å². The van der Waals surface area contributed by atoms with E-state index in [-0.39, 0.29) is 19.6 Å². The van der Waals surface area contributed by atoms with Crippen molar-refractivity contribution in [3.8, 4) is 11.3 Å². The molecule has 3 aromatic rings. The minimum atomic E-state index is -3.79. The number of ether oxygens (including phenoxy) is 1. The quantitative estimate of drug-likeness (QED) is 0.267. The molecule has 0 bridgehead atoms. The lowest BCUT2D eigenvalue weighted by Gasteiger charge is -2.17. The summed E-state index contributed by atoms with van der Waals surface area (Å²) in [6, 6.07) is 12.1. The average Bonchev–Trinajstić information content (AvgIpc) is 3.31. The minimum Gasteiger partial charge on any atom is -0.445 e. The predicted octanol–water partition coefficient (Wildman–Crippen LogP) is 2.40. The molecule has 0 aliphatic heterocycles. The van der Waals surface area contributed by atoms with Crippen molar-refractivity contribution in [1.29, 1.82) is 0 Å². The summed E-state index contributed by atoms with van der Waals surface area (Å²) in [6.07, 6.45) is 3.52. The maximum absolute atomic E-state index is 12.9. The van der Waals surface area contributed by atoms with Crippen molar-refractivity contribution >= 4 is 38.7 Å². The monoisotopic (exact) mass is 518 g/mol. The van der Waals surface area contributed by atoms with E-state index in [1.54, 1.807) is 24.5 Å². The molecule has 1 atom stereocenters. The van der Waals surface area contributed by atoms with Gasteiger partial charge >= 0.3 is 6.09 Å². The molecule has 13 heteroatoms. The lowest BCUT2D eigenvalue weighted by Crippen LogP contribution is -2.44. The molecule has 0 radical (unpaired) electrons. The maximum Gasteiger partial charge on any atom is 0.408 e. The highest BCUT2D eigenvalue weighted by Gasteiger charge is 2.22. The maximum atomic E-state index is 12.9. The van der Waals surface area contributed by atoms with Crippen molar-refractivity contribution in [3.05, 3.63) is 65.8 Å². The number of hydrogen-bond acceptors (Lipinski definition) is 8. The number of hydrogen-bond donors (Lipinski definition) is 4. The van der Waals surface area contributed by atoms with Gasteiger partial charge in [0.05, 0.1) is 5.69 Å². The molecule has 0 saturated carbocycles. The molecule has 5 N–H and O–H groups in total. The molecule has 35 heavy (non-hydrogen) atoms. The van der Waals surface area contributed by atoms with Gasteiger partial charge < -0.3 is 15.4 Å². The van der Waals surface area contributed by atoms with E-state index in [1.165, 1.54) is 11.3 Å². The van der Waals surface area contributed by atoms with E-state index in [0.29, 0.717) is 23.5 Å². The van der Waals surface area contributed by atoms with Crippen molar-refractivity contribution < 1.29 is 22.7 Å². The third-order valence-electron chi connectivity index (χ3n) is 4.73. The minimum absolute atomic E-state index is 0.000786. The number of nitrogens with one attached hydrogen (secondary N) is 3. The number of nitrogens with zero attached hydrogens (tertiary/aromatic N) is 2. The molecule has 186 valence electrons. The van der Waals surface area contributed by atoms with Crippen LogP contribution in [0.15, 0.2) is 60.2 Å². The molecule has 0 spiro atoms. The zero-order valence-electron chi connectivity index (χ0n) is 18.7. The molecule has 2 aromatic heterocycles. The Morgan fingerprint density at radius 3 is 2.63 bits per heavy atom. The van der Waals surface area contributed by atoms with Crippen LogP contribution in [0.4, 0.5) is 9.93 Å². The molecule has 0 aliphatic rings. The standard InChI is InChI=1S/C22H26N6O5S2/c23-35(31,32)25-12-5-4-10-18(27-22(30)33-14-16-7-6-11-24-13-16)20(29)28-21-26-19(15-34-21)17-8-2-1-3-9-17/h1-3,6-9,11,13,15,18,25H,4-5,10,12,14H2,(H,27,30)(H2,23,31,32)(H,26,28,29). The van der Waals surface area contributed by atoms with Crippen molar-refractivity contribution in [3.63, 3.8) is 0 Å². The average molecular weight is 519 g/mol. The van der Waals surface area contributed by atoms with E-state index in [9.17, 15) is 18.0 Å². The summed E-state index contributed by atoms with van der Waals surface area (Å²) >= 11 is 1.27. The number of anilines is 1. The number of aromatic nitrogens is 2. The number of amides is 2. The van der Waals surface area contributed by atoms with Crippen molar-refractivity contribution in [2.75, 3.05) is 11.9 Å². The second-order valence-electron chi connectivity index (χ2n) is 7.46. The Kier molecular flexibility index (Phi) is 9.66. The summed E-state index contributed by atoms with van der Waals surface area (Å²) < 4.78 is 29.4. The molecule has 2 amide bonds. The van der Waals surface area contributed by atoms with Gasteiger partial charge in [-0.3, -0.25) is 9.78 Å². The van der Waals surface area contributed by atoms with E-state index in [2.05, 4.69) is 25.3 Å². The summed E-state index contributed by atoms with van der Waals surface area (Å²) in [5, 5.41) is 12.4. The summed E-state index contributed by atoms with van der Waals surface area (Å²) in [4.78, 5) is 33.7. The van der Waals surface area contributed by atoms with E-state index in [4.69, 9.17) is 9.88 Å². The van der Waals surface area contributed by atoms with Gasteiger partial charge in [0, 0.05) is 35.4 Å². The molecule has 0 saturated heterocycles. The number of carbonyl (C=O) groups excluding carboxylic acids is 2. The Balaban J connectivity index is 1.59. The molecule has 0 aliphatic carbocycles. The van der Waals surface area contributed by atoms with Gasteiger partial charge in [-0.15, -0.1) is 11.3 Å². The van der Waals surface area contributed by atoms with Crippen molar-refractivity contribution in [1.82, 2.24) is 20.0 Å². The second kappa shape index (κ2) is 12.9. The van der Waals surface area contributed by atoms with E-state index < -0.39 is 28.3 Å². The molecule has 1 unspecified atom stereocenters. The number of nitrogens with two attached hydrogens (primary N) is 1. The van der Waals surface area contributed by atoms with Crippen LogP contribution in [0, 0.1) is 0 Å². The summed E-state index contributed by atoms with van der Waals surface area (Å²) in [5.41, 5.74) is 2.34. The van der Waals surface area contributed by atoms with Crippen LogP contribution >= 0.6 is 11.3 Å². The van der Waals surface area contributed by atoms with E-state index in [1.807, 2.05) is 35.7 Å². The zero-order chi connectivity index (χ0) is 25.1. The Morgan fingerprint density at radius 1 is 1.11 bits per heavy atom. The molecule has 2 heterocycles. The number of alkyl carbamates (subject to hydrolysis) is 1. The van der Waals surface area contributed by atoms with Gasteiger partial charge in [-0.1, -0.05) is 36.4 Å². The van der Waals surface area contributed by atoms with E-state index in [0.717, 1.165) is 11.3 Å². The Hall–Kier alpha value is -3.39. The number of thiazole rings is 1. The zero-order valence-corrected chi connectivity index (χ0v) is 20.3. The predicted molar refractivity (Wildman–Crippen MR) is 132 cm³/mol. The van der Waals surface area contributed by atoms with Gasteiger partial charge in [0.1, 0.15) is 12.6 Å². The third-order valence-corrected chi connectivity index (χ3v) is 6.09. The number of unbranched alkanes of at least 4 members (excludes halogenated alkanes) is 1. The fourth-order valence-corrected chi connectivity index (χ4v) is 4.19. The van der Waals surface area contributed by atoms with Crippen LogP contribution in [0.1, 0.15) is 24.8 Å². The van der Waals surface area contributed by atoms with Gasteiger partial charge in [-0.25, -0.2) is 19.6 Å². The van der Waals surface area contributed by atoms with Crippen LogP contribution < -0.4 is 20.5 Å². The van der Waals surface area contributed by atoms with Crippen LogP contribution in [0.2, 0.25) is 0 Å². The highest BCUT2D eigenvalue weighted by atomic mass is 32.2. The second-order valence-corrected chi connectivity index (χ2v) is 9.70. The molecular weight excluding hydrogens is 492 g/mol. The summed E-state index contributed by atoms with van der Waals surface area (Å²) in [7, 11) is -3.79. The van der Waals surface area contributed by atoms with Gasteiger partial charge in [-0.05, 0) is 25.3 Å². The molecule has 1 aromatic carbocycles. The Labute approximate surface area is 207 Å².